The zero-order chi connectivity index (χ0) is 13.2. The Labute approximate surface area is 116 Å². The lowest BCUT2D eigenvalue weighted by molar-refractivity contribution is -0.112. The van der Waals surface area contributed by atoms with Crippen LogP contribution in [-0.4, -0.2) is 31.2 Å². The minimum atomic E-state index is -0.101. The smallest absolute Gasteiger partial charge is 0.146 e. The van der Waals surface area contributed by atoms with Crippen molar-refractivity contribution in [1.29, 1.82) is 0 Å². The maximum atomic E-state index is 10.2. The van der Waals surface area contributed by atoms with Gasteiger partial charge in [-0.2, -0.15) is 0 Å². The molecule has 19 heavy (non-hydrogen) atoms. The molecule has 0 spiro atoms. The summed E-state index contributed by atoms with van der Waals surface area (Å²) in [5.74, 6) is 1.85. The van der Waals surface area contributed by atoms with E-state index in [0.29, 0.717) is 30.7 Å². The molecule has 0 unspecified atom stereocenters. The van der Waals surface area contributed by atoms with Crippen LogP contribution in [0.15, 0.2) is 11.6 Å². The predicted octanol–water partition coefficient (Wildman–Crippen LogP) is 2.88. The van der Waals surface area contributed by atoms with E-state index >= 15 is 0 Å². The van der Waals surface area contributed by atoms with Crippen molar-refractivity contribution in [3.8, 4) is 0 Å². The number of rotatable bonds is 3. The molecule has 3 heteroatoms. The molecule has 0 heterocycles. The van der Waals surface area contributed by atoms with Gasteiger partial charge in [-0.15, -0.1) is 0 Å². The molecule has 4 bridgehead atoms. The molecule has 3 aliphatic rings. The van der Waals surface area contributed by atoms with Crippen molar-refractivity contribution in [3.05, 3.63) is 11.6 Å². The van der Waals surface area contributed by atoms with Crippen LogP contribution in [0.2, 0.25) is 0 Å². The molecule has 3 rings (SSSR count). The summed E-state index contributed by atoms with van der Waals surface area (Å²) in [6.07, 6.45) is 10.6. The highest BCUT2D eigenvalue weighted by Crippen LogP contribution is 2.49. The summed E-state index contributed by atoms with van der Waals surface area (Å²) < 4.78 is 11.0. The van der Waals surface area contributed by atoms with E-state index in [4.69, 9.17) is 9.47 Å². The fourth-order valence-electron chi connectivity index (χ4n) is 4.50. The lowest BCUT2D eigenvalue weighted by Crippen LogP contribution is -2.43. The fraction of sp³-hybridized carbons (Fsp3) is 0.875. The van der Waals surface area contributed by atoms with Crippen LogP contribution in [0.1, 0.15) is 44.9 Å². The number of methoxy groups -OCH3 is 1. The summed E-state index contributed by atoms with van der Waals surface area (Å²) in [4.78, 5) is 0. The SMILES string of the molecule is COCO[C@H]1CC[C@H]2CC[C@H](O)C[C@@H]3CCC=C2[C@@H]31. The molecular weight excluding hydrogens is 240 g/mol. The quantitative estimate of drug-likeness (QED) is 0.630. The third kappa shape index (κ3) is 2.74. The van der Waals surface area contributed by atoms with Gasteiger partial charge >= 0.3 is 0 Å². The Morgan fingerprint density at radius 2 is 2.05 bits per heavy atom. The van der Waals surface area contributed by atoms with Crippen molar-refractivity contribution in [3.63, 3.8) is 0 Å². The third-order valence-corrected chi connectivity index (χ3v) is 5.31. The summed E-state index contributed by atoms with van der Waals surface area (Å²) in [6.45, 7) is 0.397. The first-order valence-electron chi connectivity index (χ1n) is 7.78. The first-order chi connectivity index (χ1) is 9.29. The van der Waals surface area contributed by atoms with E-state index in [-0.39, 0.29) is 6.10 Å². The fourth-order valence-corrected chi connectivity index (χ4v) is 4.50. The summed E-state index contributed by atoms with van der Waals surface area (Å²) >= 11 is 0. The van der Waals surface area contributed by atoms with Crippen molar-refractivity contribution in [2.75, 3.05) is 13.9 Å². The van der Waals surface area contributed by atoms with Crippen molar-refractivity contribution in [2.24, 2.45) is 17.8 Å². The monoisotopic (exact) mass is 266 g/mol. The standard InChI is InChI=1S/C16H26O3/c1-18-10-19-15-8-6-11-5-7-13(17)9-12-3-2-4-14(11)16(12)15/h4,11-13,15-17H,2-3,5-10H2,1H3/t11-,12+,13+,15+,16-/m1/s1. The first-order valence-corrected chi connectivity index (χ1v) is 7.78. The van der Waals surface area contributed by atoms with Gasteiger partial charge in [0.1, 0.15) is 6.79 Å². The van der Waals surface area contributed by atoms with Gasteiger partial charge < -0.3 is 14.6 Å². The lowest BCUT2D eigenvalue weighted by Gasteiger charge is -2.47. The highest BCUT2D eigenvalue weighted by molar-refractivity contribution is 5.21. The van der Waals surface area contributed by atoms with Crippen LogP contribution >= 0.6 is 0 Å². The lowest BCUT2D eigenvalue weighted by atomic mass is 9.62. The molecular formula is C16H26O3. The molecule has 2 fully saturated rings. The average Bonchev–Trinajstić information content (AvgIpc) is 2.43. The van der Waals surface area contributed by atoms with Gasteiger partial charge in [0.25, 0.3) is 0 Å². The topological polar surface area (TPSA) is 38.7 Å². The van der Waals surface area contributed by atoms with Crippen molar-refractivity contribution >= 4 is 0 Å². The molecule has 0 amide bonds. The molecule has 5 atom stereocenters. The Balaban J connectivity index is 1.83. The minimum Gasteiger partial charge on any atom is -0.393 e. The molecule has 0 aromatic carbocycles. The second kappa shape index (κ2) is 5.94. The van der Waals surface area contributed by atoms with E-state index in [0.717, 1.165) is 25.7 Å². The predicted molar refractivity (Wildman–Crippen MR) is 73.6 cm³/mol. The Bertz CT molecular complexity index is 339. The number of allylic oxidation sites excluding steroid dienone is 1. The van der Waals surface area contributed by atoms with Crippen LogP contribution in [0.5, 0.6) is 0 Å². The van der Waals surface area contributed by atoms with Crippen molar-refractivity contribution in [2.45, 2.75) is 57.2 Å². The van der Waals surface area contributed by atoms with Gasteiger partial charge in [0, 0.05) is 13.0 Å². The van der Waals surface area contributed by atoms with Crippen molar-refractivity contribution < 1.29 is 14.6 Å². The summed E-state index contributed by atoms with van der Waals surface area (Å²) in [5, 5.41) is 10.2. The Morgan fingerprint density at radius 1 is 1.21 bits per heavy atom. The second-order valence-corrected chi connectivity index (χ2v) is 6.42. The van der Waals surface area contributed by atoms with Crippen LogP contribution in [0, 0.1) is 17.8 Å². The van der Waals surface area contributed by atoms with Gasteiger partial charge in [0.05, 0.1) is 12.2 Å². The van der Waals surface area contributed by atoms with Gasteiger partial charge in [-0.05, 0) is 56.8 Å². The molecule has 1 N–H and O–H groups in total. The van der Waals surface area contributed by atoms with Gasteiger partial charge in [0.15, 0.2) is 0 Å². The Morgan fingerprint density at radius 3 is 2.89 bits per heavy atom. The maximum Gasteiger partial charge on any atom is 0.146 e. The molecule has 3 nitrogen and oxygen atoms in total. The number of hydrogen-bond donors (Lipinski definition) is 1. The molecule has 0 radical (unpaired) electrons. The molecule has 0 aromatic heterocycles. The first kappa shape index (κ1) is 13.6. The van der Waals surface area contributed by atoms with E-state index in [1.54, 1.807) is 12.7 Å². The van der Waals surface area contributed by atoms with Crippen LogP contribution in [0.3, 0.4) is 0 Å². The summed E-state index contributed by atoms with van der Waals surface area (Å²) in [7, 11) is 1.69. The molecule has 0 aromatic rings. The number of aliphatic hydroxyl groups is 1. The van der Waals surface area contributed by atoms with E-state index in [2.05, 4.69) is 6.08 Å². The summed E-state index contributed by atoms with van der Waals surface area (Å²) in [5.41, 5.74) is 1.65. The van der Waals surface area contributed by atoms with Gasteiger partial charge in [-0.25, -0.2) is 0 Å². The minimum absolute atomic E-state index is 0.101. The Kier molecular flexibility index (Phi) is 4.25. The summed E-state index contributed by atoms with van der Waals surface area (Å²) in [6, 6.07) is 0. The van der Waals surface area contributed by atoms with Crippen LogP contribution < -0.4 is 0 Å². The average molecular weight is 266 g/mol. The number of hydrogen-bond acceptors (Lipinski definition) is 3. The highest BCUT2D eigenvalue weighted by atomic mass is 16.7. The van der Waals surface area contributed by atoms with E-state index < -0.39 is 0 Å². The zero-order valence-electron chi connectivity index (χ0n) is 11.9. The Hall–Kier alpha value is -0.380. The van der Waals surface area contributed by atoms with E-state index in [9.17, 15) is 5.11 Å². The highest BCUT2D eigenvalue weighted by Gasteiger charge is 2.43. The molecule has 108 valence electrons. The van der Waals surface area contributed by atoms with Crippen molar-refractivity contribution in [1.82, 2.24) is 0 Å². The van der Waals surface area contributed by atoms with Gasteiger partial charge in [0.2, 0.25) is 0 Å². The van der Waals surface area contributed by atoms with Crippen LogP contribution in [-0.2, 0) is 9.47 Å². The van der Waals surface area contributed by atoms with Gasteiger partial charge in [-0.3, -0.25) is 0 Å². The van der Waals surface area contributed by atoms with Crippen LogP contribution in [0.25, 0.3) is 0 Å². The normalized spacial score (nSPS) is 42.2. The van der Waals surface area contributed by atoms with E-state index in [1.807, 2.05) is 0 Å². The number of ether oxygens (including phenoxy) is 2. The third-order valence-electron chi connectivity index (χ3n) is 5.31. The van der Waals surface area contributed by atoms with Crippen LogP contribution in [0.4, 0.5) is 0 Å². The molecule has 3 aliphatic carbocycles. The number of aliphatic hydroxyl groups excluding tert-OH is 1. The molecule has 2 saturated carbocycles. The maximum absolute atomic E-state index is 10.2. The zero-order valence-corrected chi connectivity index (χ0v) is 11.9. The second-order valence-electron chi connectivity index (χ2n) is 6.42. The van der Waals surface area contributed by atoms with Gasteiger partial charge in [-0.1, -0.05) is 11.6 Å². The largest absolute Gasteiger partial charge is 0.393 e. The van der Waals surface area contributed by atoms with E-state index in [1.165, 1.54) is 19.3 Å². The molecule has 0 aliphatic heterocycles. The molecule has 0 saturated heterocycles.